The Morgan fingerprint density at radius 1 is 1.06 bits per heavy atom. The Kier molecular flexibility index (Phi) is 7.84. The molecular weight excluding hydrogens is 414 g/mol. The molecule has 31 heavy (non-hydrogen) atoms. The molecule has 0 saturated carbocycles. The molecule has 168 valence electrons. The molecule has 0 aliphatic rings. The minimum Gasteiger partial charge on any atom is -0.350 e. The van der Waals surface area contributed by atoms with Crippen molar-refractivity contribution < 1.29 is 18.0 Å². The molecule has 0 unspecified atom stereocenters. The van der Waals surface area contributed by atoms with E-state index in [1.807, 2.05) is 39.8 Å². The van der Waals surface area contributed by atoms with Crippen LogP contribution in [-0.4, -0.2) is 38.6 Å². The predicted molar refractivity (Wildman–Crippen MR) is 125 cm³/mol. The SMILES string of the molecule is CC[C@H](C(=O)Nc1ccccc1C(=O)NC(C)C)N(c1cc(C)ccc1C)S(C)(=O)=O. The quantitative estimate of drug-likeness (QED) is 0.649. The third kappa shape index (κ3) is 6.07. The van der Waals surface area contributed by atoms with Crippen molar-refractivity contribution in [1.29, 1.82) is 0 Å². The average molecular weight is 446 g/mol. The summed E-state index contributed by atoms with van der Waals surface area (Å²) in [4.78, 5) is 25.8. The highest BCUT2D eigenvalue weighted by atomic mass is 32.2. The van der Waals surface area contributed by atoms with Crippen LogP contribution in [0.25, 0.3) is 0 Å². The Bertz CT molecular complexity index is 1060. The largest absolute Gasteiger partial charge is 0.350 e. The number of hydrogen-bond donors (Lipinski definition) is 2. The standard InChI is InChI=1S/C23H31N3O4S/c1-7-20(26(31(6,29)30)21-14-16(4)12-13-17(21)5)23(28)25-19-11-9-8-10-18(19)22(27)24-15(2)3/h8-15,20H,7H2,1-6H3,(H,24,27)(H,25,28)/t20-/m1/s1. The number of amides is 2. The maximum absolute atomic E-state index is 13.2. The van der Waals surface area contributed by atoms with Gasteiger partial charge in [-0.1, -0.05) is 31.2 Å². The van der Waals surface area contributed by atoms with Gasteiger partial charge in [0.05, 0.1) is 23.2 Å². The molecule has 8 heteroatoms. The first kappa shape index (κ1) is 24.4. The van der Waals surface area contributed by atoms with Gasteiger partial charge in [-0.25, -0.2) is 8.42 Å². The van der Waals surface area contributed by atoms with Crippen LogP contribution < -0.4 is 14.9 Å². The Balaban J connectivity index is 2.45. The molecular formula is C23H31N3O4S. The molecule has 2 aromatic carbocycles. The molecule has 0 aliphatic heterocycles. The zero-order valence-corrected chi connectivity index (χ0v) is 19.7. The first-order valence-corrected chi connectivity index (χ1v) is 12.1. The highest BCUT2D eigenvalue weighted by molar-refractivity contribution is 7.92. The molecule has 2 rings (SSSR count). The van der Waals surface area contributed by atoms with Crippen molar-refractivity contribution >= 4 is 33.2 Å². The van der Waals surface area contributed by atoms with E-state index in [0.29, 0.717) is 16.9 Å². The van der Waals surface area contributed by atoms with Gasteiger partial charge in [-0.3, -0.25) is 13.9 Å². The van der Waals surface area contributed by atoms with Gasteiger partial charge in [0.2, 0.25) is 15.9 Å². The number of carbonyl (C=O) groups excluding carboxylic acids is 2. The molecule has 0 aliphatic carbocycles. The molecule has 0 saturated heterocycles. The maximum Gasteiger partial charge on any atom is 0.253 e. The Hall–Kier alpha value is -2.87. The van der Waals surface area contributed by atoms with Crippen LogP contribution >= 0.6 is 0 Å². The van der Waals surface area contributed by atoms with Crippen molar-refractivity contribution in [1.82, 2.24) is 5.32 Å². The van der Waals surface area contributed by atoms with Crippen molar-refractivity contribution in [3.05, 3.63) is 59.2 Å². The van der Waals surface area contributed by atoms with Crippen LogP contribution in [0, 0.1) is 13.8 Å². The summed E-state index contributed by atoms with van der Waals surface area (Å²) in [5.41, 5.74) is 2.75. The minimum atomic E-state index is -3.75. The van der Waals surface area contributed by atoms with E-state index < -0.39 is 22.0 Å². The predicted octanol–water partition coefficient (Wildman–Crippen LogP) is 3.62. The van der Waals surface area contributed by atoms with Crippen LogP contribution in [-0.2, 0) is 14.8 Å². The lowest BCUT2D eigenvalue weighted by molar-refractivity contribution is -0.117. The summed E-state index contributed by atoms with van der Waals surface area (Å²) in [6.07, 6.45) is 1.35. The molecule has 0 bridgehead atoms. The summed E-state index contributed by atoms with van der Waals surface area (Å²) in [6.45, 7) is 9.13. The van der Waals surface area contributed by atoms with Gasteiger partial charge in [-0.2, -0.15) is 0 Å². The Labute approximate surface area is 184 Å². The first-order valence-electron chi connectivity index (χ1n) is 10.2. The van der Waals surface area contributed by atoms with E-state index in [1.165, 1.54) is 4.31 Å². The maximum atomic E-state index is 13.2. The van der Waals surface area contributed by atoms with Gasteiger partial charge in [0.15, 0.2) is 0 Å². The summed E-state index contributed by atoms with van der Waals surface area (Å²) in [5.74, 6) is -0.813. The number of sulfonamides is 1. The zero-order chi connectivity index (χ0) is 23.3. The third-order valence-corrected chi connectivity index (χ3v) is 5.95. The van der Waals surface area contributed by atoms with Crippen molar-refractivity contribution in [3.8, 4) is 0 Å². The minimum absolute atomic E-state index is 0.0651. The van der Waals surface area contributed by atoms with Crippen molar-refractivity contribution in [2.45, 2.75) is 53.1 Å². The number of aryl methyl sites for hydroxylation is 2. The van der Waals surface area contributed by atoms with Gasteiger partial charge >= 0.3 is 0 Å². The molecule has 0 fully saturated rings. The summed E-state index contributed by atoms with van der Waals surface area (Å²) in [5, 5.41) is 5.57. The van der Waals surface area contributed by atoms with Gasteiger partial charge < -0.3 is 10.6 Å². The second-order valence-corrected chi connectivity index (χ2v) is 9.80. The number of nitrogens with zero attached hydrogens (tertiary/aromatic N) is 1. The normalized spacial score (nSPS) is 12.4. The average Bonchev–Trinajstić information content (AvgIpc) is 2.67. The smallest absolute Gasteiger partial charge is 0.253 e. The van der Waals surface area contributed by atoms with E-state index in [1.54, 1.807) is 37.3 Å². The number of para-hydroxylation sites is 1. The van der Waals surface area contributed by atoms with Crippen LogP contribution in [0.5, 0.6) is 0 Å². The highest BCUT2D eigenvalue weighted by Crippen LogP contribution is 2.28. The lowest BCUT2D eigenvalue weighted by atomic mass is 10.1. The fourth-order valence-corrected chi connectivity index (χ4v) is 4.60. The monoisotopic (exact) mass is 445 g/mol. The molecule has 2 N–H and O–H groups in total. The number of hydrogen-bond acceptors (Lipinski definition) is 4. The fourth-order valence-electron chi connectivity index (χ4n) is 3.34. The summed E-state index contributed by atoms with van der Waals surface area (Å²) in [6, 6.07) is 11.1. The van der Waals surface area contributed by atoms with Gasteiger partial charge in [0.1, 0.15) is 6.04 Å². The lowest BCUT2D eigenvalue weighted by Crippen LogP contribution is -2.47. The van der Waals surface area contributed by atoms with Crippen LogP contribution in [0.15, 0.2) is 42.5 Å². The van der Waals surface area contributed by atoms with E-state index in [2.05, 4.69) is 10.6 Å². The number of rotatable bonds is 8. The van der Waals surface area contributed by atoms with Crippen molar-refractivity contribution in [2.24, 2.45) is 0 Å². The van der Waals surface area contributed by atoms with Gasteiger partial charge in [-0.05, 0) is 63.4 Å². The van der Waals surface area contributed by atoms with E-state index >= 15 is 0 Å². The van der Waals surface area contributed by atoms with Crippen molar-refractivity contribution in [2.75, 3.05) is 15.9 Å². The topological polar surface area (TPSA) is 95.6 Å². The molecule has 0 heterocycles. The number of benzene rings is 2. The van der Waals surface area contributed by atoms with E-state index in [0.717, 1.165) is 17.4 Å². The lowest BCUT2D eigenvalue weighted by Gasteiger charge is -2.31. The fraction of sp³-hybridized carbons (Fsp3) is 0.391. The van der Waals surface area contributed by atoms with E-state index in [-0.39, 0.29) is 18.4 Å². The number of carbonyl (C=O) groups is 2. The summed E-state index contributed by atoms with van der Waals surface area (Å²) < 4.78 is 26.6. The molecule has 0 radical (unpaired) electrons. The Morgan fingerprint density at radius 3 is 2.29 bits per heavy atom. The van der Waals surface area contributed by atoms with Gasteiger partial charge in [-0.15, -0.1) is 0 Å². The van der Waals surface area contributed by atoms with E-state index in [4.69, 9.17) is 0 Å². The molecule has 7 nitrogen and oxygen atoms in total. The second kappa shape index (κ2) is 9.96. The zero-order valence-electron chi connectivity index (χ0n) is 18.9. The first-order chi connectivity index (χ1) is 14.5. The summed E-state index contributed by atoms with van der Waals surface area (Å²) >= 11 is 0. The van der Waals surface area contributed by atoms with Crippen LogP contribution in [0.3, 0.4) is 0 Å². The van der Waals surface area contributed by atoms with Gasteiger partial charge in [0.25, 0.3) is 5.91 Å². The van der Waals surface area contributed by atoms with Crippen molar-refractivity contribution in [3.63, 3.8) is 0 Å². The highest BCUT2D eigenvalue weighted by Gasteiger charge is 2.33. The molecule has 0 aromatic heterocycles. The number of anilines is 2. The van der Waals surface area contributed by atoms with Crippen LogP contribution in [0.1, 0.15) is 48.7 Å². The molecule has 2 aromatic rings. The number of nitrogens with one attached hydrogen (secondary N) is 2. The van der Waals surface area contributed by atoms with Crippen LogP contribution in [0.2, 0.25) is 0 Å². The van der Waals surface area contributed by atoms with E-state index in [9.17, 15) is 18.0 Å². The molecule has 1 atom stereocenters. The summed E-state index contributed by atoms with van der Waals surface area (Å²) in [7, 11) is -3.75. The second-order valence-electron chi connectivity index (χ2n) is 7.94. The van der Waals surface area contributed by atoms with Crippen LogP contribution in [0.4, 0.5) is 11.4 Å². The third-order valence-electron chi connectivity index (χ3n) is 4.78. The van der Waals surface area contributed by atoms with Gasteiger partial charge in [0, 0.05) is 6.04 Å². The molecule has 2 amide bonds. The Morgan fingerprint density at radius 2 is 1.71 bits per heavy atom. The molecule has 0 spiro atoms.